The summed E-state index contributed by atoms with van der Waals surface area (Å²) in [4.78, 5) is 14.3. The van der Waals surface area contributed by atoms with E-state index in [0.29, 0.717) is 24.3 Å². The number of hydrogen-bond acceptors (Lipinski definition) is 4. The molecule has 0 fully saturated rings. The first-order valence-corrected chi connectivity index (χ1v) is 11.2. The largest absolute Gasteiger partial charge is 0.494 e. The molecule has 29 heavy (non-hydrogen) atoms. The lowest BCUT2D eigenvalue weighted by molar-refractivity contribution is -0.130. The van der Waals surface area contributed by atoms with Crippen LogP contribution in [0.25, 0.3) is 0 Å². The van der Waals surface area contributed by atoms with Crippen molar-refractivity contribution in [2.75, 3.05) is 20.2 Å². The Balaban J connectivity index is 1.97. The number of nitrogens with zero attached hydrogens (tertiary/aromatic N) is 1. The molecule has 0 spiro atoms. The highest BCUT2D eigenvalue weighted by atomic mass is 32.2. The molecule has 0 heterocycles. The Labute approximate surface area is 173 Å². The van der Waals surface area contributed by atoms with E-state index in [9.17, 15) is 13.2 Å². The van der Waals surface area contributed by atoms with Crippen molar-refractivity contribution >= 4 is 15.9 Å². The molecule has 2 rings (SSSR count). The second-order valence-corrected chi connectivity index (χ2v) is 8.87. The van der Waals surface area contributed by atoms with E-state index in [1.807, 2.05) is 50.2 Å². The number of amides is 1. The fourth-order valence-corrected chi connectivity index (χ4v) is 4.90. The average molecular weight is 419 g/mol. The van der Waals surface area contributed by atoms with Crippen molar-refractivity contribution in [2.45, 2.75) is 45.6 Å². The van der Waals surface area contributed by atoms with Gasteiger partial charge in [0.15, 0.2) is 0 Å². The van der Waals surface area contributed by atoms with Gasteiger partial charge in [0, 0.05) is 32.1 Å². The van der Waals surface area contributed by atoms with Crippen LogP contribution in [0.1, 0.15) is 35.6 Å². The van der Waals surface area contributed by atoms with E-state index in [2.05, 4.69) is 4.72 Å². The molecular weight excluding hydrogens is 388 g/mol. The van der Waals surface area contributed by atoms with Crippen molar-refractivity contribution in [2.24, 2.45) is 0 Å². The first kappa shape index (κ1) is 22.9. The molecule has 1 N–H and O–H groups in total. The number of nitrogens with one attached hydrogen (secondary N) is 1. The molecule has 0 radical (unpaired) electrons. The zero-order valence-electron chi connectivity index (χ0n) is 17.8. The van der Waals surface area contributed by atoms with E-state index in [1.54, 1.807) is 25.8 Å². The number of aryl methyl sites for hydroxylation is 3. The van der Waals surface area contributed by atoms with Gasteiger partial charge in [-0.25, -0.2) is 13.1 Å². The Morgan fingerprint density at radius 2 is 1.72 bits per heavy atom. The van der Waals surface area contributed by atoms with Gasteiger partial charge in [-0.1, -0.05) is 35.9 Å². The van der Waals surface area contributed by atoms with E-state index >= 15 is 0 Å². The van der Waals surface area contributed by atoms with E-state index in [-0.39, 0.29) is 23.8 Å². The molecule has 0 saturated carbocycles. The normalized spacial score (nSPS) is 11.3. The molecule has 2 aromatic rings. The van der Waals surface area contributed by atoms with Gasteiger partial charge >= 0.3 is 0 Å². The van der Waals surface area contributed by atoms with Crippen LogP contribution in [0.5, 0.6) is 5.75 Å². The van der Waals surface area contributed by atoms with Crippen LogP contribution >= 0.6 is 0 Å². The lowest BCUT2D eigenvalue weighted by Crippen LogP contribution is -2.32. The highest BCUT2D eigenvalue weighted by Crippen LogP contribution is 2.22. The van der Waals surface area contributed by atoms with Crippen LogP contribution in [-0.4, -0.2) is 39.4 Å². The summed E-state index contributed by atoms with van der Waals surface area (Å²) in [5, 5.41) is 0. The van der Waals surface area contributed by atoms with Gasteiger partial charge in [0.25, 0.3) is 0 Å². The number of hydrogen-bond donors (Lipinski definition) is 1. The minimum atomic E-state index is -3.67. The number of ether oxygens (including phenoxy) is 1. The predicted octanol–water partition coefficient (Wildman–Crippen LogP) is 3.34. The zero-order chi connectivity index (χ0) is 21.6. The Kier molecular flexibility index (Phi) is 7.81. The lowest BCUT2D eigenvalue weighted by Gasteiger charge is -2.19. The fraction of sp³-hybridized carbons (Fsp3) is 0.409. The van der Waals surface area contributed by atoms with Gasteiger partial charge in [0.2, 0.25) is 15.9 Å². The zero-order valence-corrected chi connectivity index (χ0v) is 18.6. The van der Waals surface area contributed by atoms with Crippen molar-refractivity contribution < 1.29 is 17.9 Å². The molecule has 0 aromatic heterocycles. The molecule has 0 bridgehead atoms. The molecule has 0 unspecified atom stereocenters. The standard InChI is InChI=1S/C22H30N2O4S/c1-6-28-20-10-8-7-9-19(20)15-24(5)21(25)11-12-23-29(26,27)22-17(3)13-16(2)14-18(22)4/h7-10,13-14,23H,6,11-12,15H2,1-5H3. The molecule has 0 atom stereocenters. The average Bonchev–Trinajstić information content (AvgIpc) is 2.62. The molecule has 7 heteroatoms. The fourth-order valence-electron chi connectivity index (χ4n) is 3.42. The number of para-hydroxylation sites is 1. The number of carbonyl (C=O) groups excluding carboxylic acids is 1. The maximum absolute atomic E-state index is 12.7. The van der Waals surface area contributed by atoms with Gasteiger partial charge in [-0.3, -0.25) is 4.79 Å². The van der Waals surface area contributed by atoms with Crippen molar-refractivity contribution in [3.63, 3.8) is 0 Å². The third-order valence-corrected chi connectivity index (χ3v) is 6.38. The smallest absolute Gasteiger partial charge is 0.241 e. The van der Waals surface area contributed by atoms with Gasteiger partial charge in [-0.05, 0) is 44.9 Å². The third-order valence-electron chi connectivity index (χ3n) is 4.61. The van der Waals surface area contributed by atoms with E-state index in [1.165, 1.54) is 0 Å². The monoisotopic (exact) mass is 418 g/mol. The highest BCUT2D eigenvalue weighted by Gasteiger charge is 2.20. The minimum absolute atomic E-state index is 0.0470. The number of rotatable bonds is 9. The van der Waals surface area contributed by atoms with E-state index in [4.69, 9.17) is 4.74 Å². The van der Waals surface area contributed by atoms with Crippen molar-refractivity contribution in [3.05, 3.63) is 58.7 Å². The first-order valence-electron chi connectivity index (χ1n) is 9.68. The minimum Gasteiger partial charge on any atom is -0.494 e. The van der Waals surface area contributed by atoms with Crippen LogP contribution in [0.4, 0.5) is 0 Å². The van der Waals surface area contributed by atoms with Gasteiger partial charge in [-0.15, -0.1) is 0 Å². The SMILES string of the molecule is CCOc1ccccc1CN(C)C(=O)CCNS(=O)(=O)c1c(C)cc(C)cc1C. The Morgan fingerprint density at radius 3 is 2.34 bits per heavy atom. The van der Waals surface area contributed by atoms with Gasteiger partial charge in [0.1, 0.15) is 5.75 Å². The Bertz CT molecular complexity index is 948. The van der Waals surface area contributed by atoms with E-state index < -0.39 is 10.0 Å². The van der Waals surface area contributed by atoms with E-state index in [0.717, 1.165) is 16.9 Å². The summed E-state index contributed by atoms with van der Waals surface area (Å²) in [5.74, 6) is 0.608. The summed E-state index contributed by atoms with van der Waals surface area (Å²) in [7, 11) is -1.97. The van der Waals surface area contributed by atoms with Crippen LogP contribution < -0.4 is 9.46 Å². The maximum Gasteiger partial charge on any atom is 0.241 e. The van der Waals surface area contributed by atoms with Crippen LogP contribution in [0.3, 0.4) is 0 Å². The van der Waals surface area contributed by atoms with Gasteiger partial charge in [-0.2, -0.15) is 0 Å². The lowest BCUT2D eigenvalue weighted by atomic mass is 10.1. The van der Waals surface area contributed by atoms with Gasteiger partial charge < -0.3 is 9.64 Å². The van der Waals surface area contributed by atoms with Crippen molar-refractivity contribution in [3.8, 4) is 5.75 Å². The summed E-state index contributed by atoms with van der Waals surface area (Å²) in [6, 6.07) is 11.3. The Hall–Kier alpha value is -2.38. The second-order valence-electron chi connectivity index (χ2n) is 7.17. The summed E-state index contributed by atoms with van der Waals surface area (Å²) in [5.41, 5.74) is 3.33. The highest BCUT2D eigenvalue weighted by molar-refractivity contribution is 7.89. The summed E-state index contributed by atoms with van der Waals surface area (Å²) in [6.07, 6.45) is 0.0798. The molecule has 1 amide bonds. The number of carbonyl (C=O) groups is 1. The molecule has 0 saturated heterocycles. The maximum atomic E-state index is 12.7. The quantitative estimate of drug-likeness (QED) is 0.678. The second kappa shape index (κ2) is 9.89. The van der Waals surface area contributed by atoms with Crippen molar-refractivity contribution in [1.82, 2.24) is 9.62 Å². The number of sulfonamides is 1. The number of benzene rings is 2. The van der Waals surface area contributed by atoms with Crippen LogP contribution in [-0.2, 0) is 21.4 Å². The van der Waals surface area contributed by atoms with Crippen LogP contribution in [0, 0.1) is 20.8 Å². The van der Waals surface area contributed by atoms with Crippen LogP contribution in [0.2, 0.25) is 0 Å². The molecular formula is C22H30N2O4S. The predicted molar refractivity (Wildman–Crippen MR) is 115 cm³/mol. The van der Waals surface area contributed by atoms with Crippen LogP contribution in [0.15, 0.2) is 41.3 Å². The molecule has 6 nitrogen and oxygen atoms in total. The third kappa shape index (κ3) is 6.05. The topological polar surface area (TPSA) is 75.7 Å². The van der Waals surface area contributed by atoms with Gasteiger partial charge in [0.05, 0.1) is 11.5 Å². The molecule has 0 aliphatic rings. The molecule has 158 valence electrons. The summed E-state index contributed by atoms with van der Waals surface area (Å²) < 4.78 is 33.5. The molecule has 0 aliphatic carbocycles. The van der Waals surface area contributed by atoms with Crippen molar-refractivity contribution in [1.29, 1.82) is 0 Å². The Morgan fingerprint density at radius 1 is 1.10 bits per heavy atom. The molecule has 0 aliphatic heterocycles. The molecule has 2 aromatic carbocycles. The summed E-state index contributed by atoms with van der Waals surface area (Å²) >= 11 is 0. The summed E-state index contributed by atoms with van der Waals surface area (Å²) in [6.45, 7) is 8.40. The first-order chi connectivity index (χ1) is 13.7.